The number of phenols is 2. The molecule has 0 aromatic heterocycles. The van der Waals surface area contributed by atoms with E-state index in [0.717, 1.165) is 12.1 Å². The molecular weight excluding hydrogens is 234 g/mol. The molecule has 0 fully saturated rings. The normalized spacial score (nSPS) is 10.7. The van der Waals surface area contributed by atoms with Gasteiger partial charge in [0.1, 0.15) is 0 Å². The number of benzene rings is 1. The molecule has 0 heterocycles. The molecule has 0 radical (unpaired) electrons. The zero-order valence-electron chi connectivity index (χ0n) is 5.76. The molecule has 1 aromatic carbocycles. The minimum absolute atomic E-state index is 0.0535. The van der Waals surface area contributed by atoms with Gasteiger partial charge in [0.2, 0.25) is 0 Å². The first kappa shape index (κ1) is 9.25. The molecule has 0 aliphatic carbocycles. The van der Waals surface area contributed by atoms with E-state index in [0.29, 0.717) is 0 Å². The minimum Gasteiger partial charge on any atom is -0.504 e. The SMILES string of the molecule is Oc1cc(C(F)F)cc(Br)c1O. The van der Waals surface area contributed by atoms with Crippen LogP contribution in [0.15, 0.2) is 16.6 Å². The summed E-state index contributed by atoms with van der Waals surface area (Å²) in [5.41, 5.74) is -0.336. The first-order chi connectivity index (χ1) is 5.52. The molecule has 0 aliphatic rings. The highest BCUT2D eigenvalue weighted by Gasteiger charge is 2.12. The third-order valence-corrected chi connectivity index (χ3v) is 1.92. The number of phenolic OH excluding ortho intramolecular Hbond substituents is 2. The second-order valence-corrected chi connectivity index (χ2v) is 3.03. The van der Waals surface area contributed by atoms with Crippen molar-refractivity contribution < 1.29 is 19.0 Å². The highest BCUT2D eigenvalue weighted by molar-refractivity contribution is 9.10. The number of aromatic hydroxyl groups is 2. The molecule has 66 valence electrons. The number of halogens is 3. The molecule has 0 bridgehead atoms. The largest absolute Gasteiger partial charge is 0.504 e. The third kappa shape index (κ3) is 1.66. The van der Waals surface area contributed by atoms with Crippen LogP contribution in [-0.2, 0) is 0 Å². The fourth-order valence-corrected chi connectivity index (χ4v) is 1.20. The van der Waals surface area contributed by atoms with Crippen LogP contribution in [0.5, 0.6) is 11.5 Å². The zero-order chi connectivity index (χ0) is 9.30. The Morgan fingerprint density at radius 3 is 2.25 bits per heavy atom. The van der Waals surface area contributed by atoms with Gasteiger partial charge in [0.05, 0.1) is 4.47 Å². The lowest BCUT2D eigenvalue weighted by Crippen LogP contribution is -1.84. The van der Waals surface area contributed by atoms with Crippen molar-refractivity contribution in [2.75, 3.05) is 0 Å². The Morgan fingerprint density at radius 2 is 1.83 bits per heavy atom. The van der Waals surface area contributed by atoms with Gasteiger partial charge in [-0.15, -0.1) is 0 Å². The fraction of sp³-hybridized carbons (Fsp3) is 0.143. The van der Waals surface area contributed by atoms with E-state index in [-0.39, 0.29) is 10.0 Å². The molecular formula is C7H5BrF2O2. The Hall–Kier alpha value is -0.840. The van der Waals surface area contributed by atoms with Gasteiger partial charge in [-0.25, -0.2) is 8.78 Å². The van der Waals surface area contributed by atoms with E-state index >= 15 is 0 Å². The molecule has 1 aromatic rings. The Kier molecular flexibility index (Phi) is 2.52. The molecule has 12 heavy (non-hydrogen) atoms. The predicted molar refractivity (Wildman–Crippen MR) is 42.4 cm³/mol. The first-order valence-electron chi connectivity index (χ1n) is 3.02. The molecule has 2 nitrogen and oxygen atoms in total. The molecule has 0 saturated carbocycles. The van der Waals surface area contributed by atoms with Crippen LogP contribution in [0, 0.1) is 0 Å². The summed E-state index contributed by atoms with van der Waals surface area (Å²) in [4.78, 5) is 0. The molecule has 5 heteroatoms. The highest BCUT2D eigenvalue weighted by Crippen LogP contribution is 2.36. The number of hydrogen-bond donors (Lipinski definition) is 2. The second-order valence-electron chi connectivity index (χ2n) is 2.17. The highest BCUT2D eigenvalue weighted by atomic mass is 79.9. The molecule has 0 atom stereocenters. The van der Waals surface area contributed by atoms with Crippen LogP contribution in [0.3, 0.4) is 0 Å². The van der Waals surface area contributed by atoms with Crippen LogP contribution >= 0.6 is 15.9 Å². The zero-order valence-corrected chi connectivity index (χ0v) is 7.35. The molecule has 2 N–H and O–H groups in total. The van der Waals surface area contributed by atoms with Crippen molar-refractivity contribution in [3.8, 4) is 11.5 Å². The maximum atomic E-state index is 12.0. The molecule has 1 rings (SSSR count). The molecule has 0 spiro atoms. The molecule has 0 saturated heterocycles. The fourth-order valence-electron chi connectivity index (χ4n) is 0.731. The van der Waals surface area contributed by atoms with Crippen LogP contribution in [0.4, 0.5) is 8.78 Å². The van der Waals surface area contributed by atoms with E-state index in [2.05, 4.69) is 15.9 Å². The topological polar surface area (TPSA) is 40.5 Å². The lowest BCUT2D eigenvalue weighted by atomic mass is 10.2. The summed E-state index contributed by atoms with van der Waals surface area (Å²) in [6.07, 6.45) is -2.66. The molecule has 0 unspecified atom stereocenters. The van der Waals surface area contributed by atoms with Gasteiger partial charge in [0.25, 0.3) is 6.43 Å². The average molecular weight is 239 g/mol. The number of alkyl halides is 2. The molecule has 0 aliphatic heterocycles. The van der Waals surface area contributed by atoms with Crippen molar-refractivity contribution in [2.24, 2.45) is 0 Å². The summed E-state index contributed by atoms with van der Waals surface area (Å²) in [5, 5.41) is 17.9. The van der Waals surface area contributed by atoms with Crippen molar-refractivity contribution in [1.29, 1.82) is 0 Å². The number of hydrogen-bond acceptors (Lipinski definition) is 2. The lowest BCUT2D eigenvalue weighted by Gasteiger charge is -2.04. The van der Waals surface area contributed by atoms with Crippen molar-refractivity contribution >= 4 is 15.9 Å². The Balaban J connectivity index is 3.21. The van der Waals surface area contributed by atoms with Crippen LogP contribution in [0.1, 0.15) is 12.0 Å². The quantitative estimate of drug-likeness (QED) is 0.739. The van der Waals surface area contributed by atoms with Gasteiger partial charge >= 0.3 is 0 Å². The smallest absolute Gasteiger partial charge is 0.264 e. The van der Waals surface area contributed by atoms with Crippen molar-refractivity contribution in [1.82, 2.24) is 0 Å². The van der Waals surface area contributed by atoms with Gasteiger partial charge in [-0.05, 0) is 28.1 Å². The van der Waals surface area contributed by atoms with E-state index < -0.39 is 17.9 Å². The minimum atomic E-state index is -2.66. The summed E-state index contributed by atoms with van der Waals surface area (Å²) in [7, 11) is 0. The van der Waals surface area contributed by atoms with Gasteiger partial charge in [-0.1, -0.05) is 0 Å². The van der Waals surface area contributed by atoms with E-state index in [1.807, 2.05) is 0 Å². The first-order valence-corrected chi connectivity index (χ1v) is 3.81. The maximum Gasteiger partial charge on any atom is 0.264 e. The standard InChI is InChI=1S/C7H5BrF2O2/c8-4-1-3(7(9)10)2-5(11)6(4)12/h1-2,7,11-12H. The lowest BCUT2D eigenvalue weighted by molar-refractivity contribution is 0.151. The van der Waals surface area contributed by atoms with Gasteiger partial charge in [-0.3, -0.25) is 0 Å². The van der Waals surface area contributed by atoms with Crippen molar-refractivity contribution in [3.63, 3.8) is 0 Å². The maximum absolute atomic E-state index is 12.0. The van der Waals surface area contributed by atoms with Crippen LogP contribution < -0.4 is 0 Å². The van der Waals surface area contributed by atoms with Gasteiger partial charge in [0, 0.05) is 5.56 Å². The summed E-state index contributed by atoms with van der Waals surface area (Å²) in [6.45, 7) is 0. The monoisotopic (exact) mass is 238 g/mol. The summed E-state index contributed by atoms with van der Waals surface area (Å²) in [6, 6.07) is 1.88. The Labute approximate surface area is 75.6 Å². The van der Waals surface area contributed by atoms with Crippen molar-refractivity contribution in [3.05, 3.63) is 22.2 Å². The number of rotatable bonds is 1. The Bertz CT molecular complexity index is 278. The van der Waals surface area contributed by atoms with Gasteiger partial charge < -0.3 is 10.2 Å². The van der Waals surface area contributed by atoms with Gasteiger partial charge in [-0.2, -0.15) is 0 Å². The summed E-state index contributed by atoms with van der Waals surface area (Å²) in [5.74, 6) is -0.987. The van der Waals surface area contributed by atoms with Crippen LogP contribution in [0.2, 0.25) is 0 Å². The van der Waals surface area contributed by atoms with Gasteiger partial charge in [0.15, 0.2) is 11.5 Å². The van der Waals surface area contributed by atoms with Crippen molar-refractivity contribution in [2.45, 2.75) is 6.43 Å². The summed E-state index contributed by atoms with van der Waals surface area (Å²) < 4.78 is 24.1. The predicted octanol–water partition coefficient (Wildman–Crippen LogP) is 2.80. The van der Waals surface area contributed by atoms with E-state index in [9.17, 15) is 8.78 Å². The van der Waals surface area contributed by atoms with Crippen LogP contribution in [0.25, 0.3) is 0 Å². The Morgan fingerprint density at radius 1 is 1.25 bits per heavy atom. The average Bonchev–Trinajstić information content (AvgIpc) is 1.99. The van der Waals surface area contributed by atoms with E-state index in [1.165, 1.54) is 0 Å². The molecule has 0 amide bonds. The second kappa shape index (κ2) is 3.26. The summed E-state index contributed by atoms with van der Waals surface area (Å²) >= 11 is 2.82. The third-order valence-electron chi connectivity index (χ3n) is 1.32. The van der Waals surface area contributed by atoms with E-state index in [1.54, 1.807) is 0 Å². The van der Waals surface area contributed by atoms with Crippen LogP contribution in [-0.4, -0.2) is 10.2 Å². The van der Waals surface area contributed by atoms with E-state index in [4.69, 9.17) is 10.2 Å².